The van der Waals surface area contributed by atoms with Gasteiger partial charge in [0.1, 0.15) is 13.2 Å². The average molecular weight is 1090 g/mol. The molecule has 0 heterocycles. The standard InChI is InChI=1S/C73H120O6/c1-4-7-10-13-16-19-22-25-27-29-31-33-35-36-38-39-41-43-45-48-51-54-57-60-63-66-72(75)78-69-70(68-77-71(74)65-62-59-56-53-50-47-24-21-18-15-12-9-6-3)79-73(76)67-64-61-58-55-52-49-46-44-42-40-37-34-32-30-28-26-23-20-17-14-11-8-5-2/h7,9-10,12,16,18-19,21,23,25-27,30-33,36-38,40,47,50,70H,4-6,8,11,13-15,17,20,22,24,28-29,34-35,39,41-46,48-49,51-69H2,1-3H3/b10-7-,12-9-,19-16-,21-18-,26-23-,27-25-,32-30-,33-31-,38-36-,40-37-,50-47-. The van der Waals surface area contributed by atoms with Crippen molar-refractivity contribution in [1.82, 2.24) is 0 Å². The van der Waals surface area contributed by atoms with Gasteiger partial charge in [0.25, 0.3) is 0 Å². The summed E-state index contributed by atoms with van der Waals surface area (Å²) >= 11 is 0. The normalized spacial score (nSPS) is 13.0. The number of ether oxygens (including phenoxy) is 3. The van der Waals surface area contributed by atoms with E-state index in [-0.39, 0.29) is 31.1 Å². The van der Waals surface area contributed by atoms with Gasteiger partial charge in [-0.25, -0.2) is 0 Å². The third-order valence-corrected chi connectivity index (χ3v) is 13.6. The first-order valence-corrected chi connectivity index (χ1v) is 32.7. The van der Waals surface area contributed by atoms with Crippen LogP contribution in [0.25, 0.3) is 0 Å². The number of hydrogen-bond acceptors (Lipinski definition) is 6. The topological polar surface area (TPSA) is 78.9 Å². The summed E-state index contributed by atoms with van der Waals surface area (Å²) in [7, 11) is 0. The summed E-state index contributed by atoms with van der Waals surface area (Å²) in [6, 6.07) is 0. The van der Waals surface area contributed by atoms with E-state index in [1.807, 2.05) is 0 Å². The van der Waals surface area contributed by atoms with E-state index < -0.39 is 6.10 Å². The predicted octanol–water partition coefficient (Wildman–Crippen LogP) is 22.5. The van der Waals surface area contributed by atoms with Crippen molar-refractivity contribution in [3.63, 3.8) is 0 Å². The molecular formula is C73H120O6. The van der Waals surface area contributed by atoms with E-state index in [0.29, 0.717) is 19.3 Å². The number of rotatable bonds is 58. The minimum absolute atomic E-state index is 0.0973. The number of carbonyl (C=O) groups is 3. The van der Waals surface area contributed by atoms with Gasteiger partial charge in [-0.1, -0.05) is 270 Å². The molecule has 1 unspecified atom stereocenters. The van der Waals surface area contributed by atoms with Crippen molar-refractivity contribution in [2.45, 2.75) is 297 Å². The molecule has 0 rings (SSSR count). The van der Waals surface area contributed by atoms with Crippen molar-refractivity contribution in [1.29, 1.82) is 0 Å². The Morgan fingerprint density at radius 3 is 0.785 bits per heavy atom. The molecule has 0 aliphatic heterocycles. The van der Waals surface area contributed by atoms with Gasteiger partial charge in [0.05, 0.1) is 0 Å². The fraction of sp³-hybridized carbons (Fsp3) is 0.658. The molecule has 0 saturated carbocycles. The highest BCUT2D eigenvalue weighted by atomic mass is 16.6. The SMILES string of the molecule is CC/C=C\C/C=C\C/C=C\C/C=C\C/C=C\CCCCCCCCCCCC(=O)OCC(COC(=O)CCCCC/C=C\C/C=C\C/C=C\CC)OC(=O)CCCCCCCCCC/C=C\C/C=C\C/C=C\CCCCCCC. The summed E-state index contributed by atoms with van der Waals surface area (Å²) in [6.07, 6.45) is 93.2. The monoisotopic (exact) mass is 1090 g/mol. The molecule has 448 valence electrons. The van der Waals surface area contributed by atoms with Crippen LogP contribution in [0.2, 0.25) is 0 Å². The Labute approximate surface area is 487 Å². The molecule has 0 saturated heterocycles. The van der Waals surface area contributed by atoms with E-state index in [1.54, 1.807) is 0 Å². The molecule has 0 bridgehead atoms. The number of unbranched alkanes of at least 4 members (excludes halogenated alkanes) is 25. The Balaban J connectivity index is 4.38. The number of hydrogen-bond donors (Lipinski definition) is 0. The molecule has 0 amide bonds. The summed E-state index contributed by atoms with van der Waals surface area (Å²) in [6.45, 7) is 6.37. The van der Waals surface area contributed by atoms with Gasteiger partial charge < -0.3 is 14.2 Å². The first-order valence-electron chi connectivity index (χ1n) is 32.7. The minimum Gasteiger partial charge on any atom is -0.462 e. The smallest absolute Gasteiger partial charge is 0.306 e. The van der Waals surface area contributed by atoms with E-state index in [9.17, 15) is 14.4 Å². The first kappa shape index (κ1) is 74.5. The highest BCUT2D eigenvalue weighted by molar-refractivity contribution is 5.71. The molecule has 0 aliphatic rings. The highest BCUT2D eigenvalue weighted by Gasteiger charge is 2.19. The molecule has 0 fully saturated rings. The molecule has 0 spiro atoms. The van der Waals surface area contributed by atoms with Crippen molar-refractivity contribution in [2.75, 3.05) is 13.2 Å². The van der Waals surface area contributed by atoms with Crippen LogP contribution in [-0.2, 0) is 28.6 Å². The molecule has 0 aromatic rings. The summed E-state index contributed by atoms with van der Waals surface area (Å²) in [5, 5.41) is 0. The second-order valence-electron chi connectivity index (χ2n) is 21.3. The van der Waals surface area contributed by atoms with Crippen LogP contribution in [0, 0.1) is 0 Å². The van der Waals surface area contributed by atoms with Crippen LogP contribution in [0.1, 0.15) is 290 Å². The van der Waals surface area contributed by atoms with Crippen LogP contribution in [0.15, 0.2) is 134 Å². The Morgan fingerprint density at radius 2 is 0.494 bits per heavy atom. The fourth-order valence-corrected chi connectivity index (χ4v) is 8.79. The maximum atomic E-state index is 12.9. The van der Waals surface area contributed by atoms with Gasteiger partial charge in [-0.15, -0.1) is 0 Å². The Kier molecular flexibility index (Phi) is 62.3. The van der Waals surface area contributed by atoms with Gasteiger partial charge in [-0.3, -0.25) is 14.4 Å². The predicted molar refractivity (Wildman–Crippen MR) is 343 cm³/mol. The van der Waals surface area contributed by atoms with Crippen LogP contribution < -0.4 is 0 Å². The molecular weight excluding hydrogens is 973 g/mol. The maximum absolute atomic E-state index is 12.9. The van der Waals surface area contributed by atoms with E-state index in [1.165, 1.54) is 109 Å². The molecule has 79 heavy (non-hydrogen) atoms. The van der Waals surface area contributed by atoms with E-state index in [2.05, 4.69) is 154 Å². The first-order chi connectivity index (χ1) is 39.0. The van der Waals surface area contributed by atoms with Crippen molar-refractivity contribution >= 4 is 17.9 Å². The summed E-state index contributed by atoms with van der Waals surface area (Å²) < 4.78 is 16.9. The number of allylic oxidation sites excluding steroid dienone is 22. The third-order valence-electron chi connectivity index (χ3n) is 13.6. The molecule has 0 aromatic carbocycles. The van der Waals surface area contributed by atoms with Gasteiger partial charge in [0.15, 0.2) is 6.10 Å². The van der Waals surface area contributed by atoms with Crippen LogP contribution in [0.5, 0.6) is 0 Å². The molecule has 6 heteroatoms. The van der Waals surface area contributed by atoms with E-state index >= 15 is 0 Å². The maximum Gasteiger partial charge on any atom is 0.306 e. The lowest BCUT2D eigenvalue weighted by Gasteiger charge is -2.18. The summed E-state index contributed by atoms with van der Waals surface area (Å²) in [5.74, 6) is -0.938. The zero-order chi connectivity index (χ0) is 57.1. The van der Waals surface area contributed by atoms with Crippen molar-refractivity contribution in [2.24, 2.45) is 0 Å². The molecule has 0 aliphatic carbocycles. The Bertz CT molecular complexity index is 1680. The second-order valence-corrected chi connectivity index (χ2v) is 21.3. The van der Waals surface area contributed by atoms with Gasteiger partial charge in [0, 0.05) is 19.3 Å². The van der Waals surface area contributed by atoms with Crippen LogP contribution >= 0.6 is 0 Å². The molecule has 0 N–H and O–H groups in total. The van der Waals surface area contributed by atoms with E-state index in [0.717, 1.165) is 141 Å². The average Bonchev–Trinajstić information content (AvgIpc) is 3.45. The van der Waals surface area contributed by atoms with Gasteiger partial charge >= 0.3 is 17.9 Å². The zero-order valence-electron chi connectivity index (χ0n) is 51.3. The minimum atomic E-state index is -0.803. The largest absolute Gasteiger partial charge is 0.462 e. The Hall–Kier alpha value is -4.45. The Morgan fingerprint density at radius 1 is 0.266 bits per heavy atom. The molecule has 0 radical (unpaired) electrons. The van der Waals surface area contributed by atoms with E-state index in [4.69, 9.17) is 14.2 Å². The fourth-order valence-electron chi connectivity index (χ4n) is 8.79. The van der Waals surface area contributed by atoms with Crippen molar-refractivity contribution in [3.05, 3.63) is 134 Å². The summed E-state index contributed by atoms with van der Waals surface area (Å²) in [5.41, 5.74) is 0. The van der Waals surface area contributed by atoms with Gasteiger partial charge in [-0.2, -0.15) is 0 Å². The molecule has 0 aromatic heterocycles. The molecule has 6 nitrogen and oxygen atoms in total. The van der Waals surface area contributed by atoms with Crippen LogP contribution in [0.4, 0.5) is 0 Å². The number of esters is 3. The lowest BCUT2D eigenvalue weighted by Crippen LogP contribution is -2.30. The lowest BCUT2D eigenvalue weighted by molar-refractivity contribution is -0.167. The number of carbonyl (C=O) groups excluding carboxylic acids is 3. The third kappa shape index (κ3) is 64.3. The van der Waals surface area contributed by atoms with Crippen molar-refractivity contribution in [3.8, 4) is 0 Å². The van der Waals surface area contributed by atoms with Gasteiger partial charge in [0.2, 0.25) is 0 Å². The zero-order valence-corrected chi connectivity index (χ0v) is 51.3. The highest BCUT2D eigenvalue weighted by Crippen LogP contribution is 2.15. The van der Waals surface area contributed by atoms with Crippen LogP contribution in [0.3, 0.4) is 0 Å². The lowest BCUT2D eigenvalue weighted by atomic mass is 10.1. The van der Waals surface area contributed by atoms with Gasteiger partial charge in [-0.05, 0) is 135 Å². The quantitative estimate of drug-likeness (QED) is 0.0261. The second kappa shape index (κ2) is 66.1. The molecule has 1 atom stereocenters. The van der Waals surface area contributed by atoms with Crippen molar-refractivity contribution < 1.29 is 28.6 Å². The summed E-state index contributed by atoms with van der Waals surface area (Å²) in [4.78, 5) is 38.3. The van der Waals surface area contributed by atoms with Crippen LogP contribution in [-0.4, -0.2) is 37.2 Å².